The van der Waals surface area contributed by atoms with Gasteiger partial charge in [0.1, 0.15) is 23.2 Å². The fraction of sp³-hybridized carbons (Fsp3) is 0.462. The van der Waals surface area contributed by atoms with Gasteiger partial charge in [-0.25, -0.2) is 4.79 Å². The quantitative estimate of drug-likeness (QED) is 0.674. The van der Waals surface area contributed by atoms with E-state index in [9.17, 15) is 20.1 Å². The van der Waals surface area contributed by atoms with E-state index >= 15 is 0 Å². The standard InChI is InChI=1S/C13H16O6/c1-6-9(18-3)4-8(15)10-11(6)13(17,5-14)7(2)19-12(10)16/h4,7,14-15,17H,5H2,1-3H3/t7-,13-/m0/s1. The third-order valence-corrected chi connectivity index (χ3v) is 3.57. The van der Waals surface area contributed by atoms with Gasteiger partial charge in [-0.3, -0.25) is 0 Å². The molecule has 0 aromatic heterocycles. The van der Waals surface area contributed by atoms with Gasteiger partial charge in [0.15, 0.2) is 5.60 Å². The largest absolute Gasteiger partial charge is 0.507 e. The van der Waals surface area contributed by atoms with Crippen molar-refractivity contribution in [2.75, 3.05) is 13.7 Å². The van der Waals surface area contributed by atoms with E-state index in [0.29, 0.717) is 11.3 Å². The smallest absolute Gasteiger partial charge is 0.342 e. The number of hydrogen-bond acceptors (Lipinski definition) is 6. The van der Waals surface area contributed by atoms with Crippen molar-refractivity contribution in [3.05, 3.63) is 22.8 Å². The highest BCUT2D eigenvalue weighted by Gasteiger charge is 2.48. The van der Waals surface area contributed by atoms with Crippen molar-refractivity contribution in [2.24, 2.45) is 0 Å². The van der Waals surface area contributed by atoms with Crippen LogP contribution in [-0.2, 0) is 10.3 Å². The summed E-state index contributed by atoms with van der Waals surface area (Å²) in [6, 6.07) is 1.28. The second kappa shape index (κ2) is 4.40. The molecule has 0 aliphatic carbocycles. The second-order valence-corrected chi connectivity index (χ2v) is 4.60. The lowest BCUT2D eigenvalue weighted by molar-refractivity contribution is -0.119. The number of benzene rings is 1. The monoisotopic (exact) mass is 268 g/mol. The Hall–Kier alpha value is -1.79. The zero-order chi connectivity index (χ0) is 14.4. The highest BCUT2D eigenvalue weighted by molar-refractivity contribution is 5.96. The number of ether oxygens (including phenoxy) is 2. The van der Waals surface area contributed by atoms with E-state index in [2.05, 4.69) is 0 Å². The molecule has 1 aromatic carbocycles. The molecule has 1 aromatic rings. The lowest BCUT2D eigenvalue weighted by Crippen LogP contribution is -2.49. The first-order valence-electron chi connectivity index (χ1n) is 5.82. The lowest BCUT2D eigenvalue weighted by Gasteiger charge is -2.38. The summed E-state index contributed by atoms with van der Waals surface area (Å²) >= 11 is 0. The molecule has 0 spiro atoms. The minimum atomic E-state index is -1.76. The number of hydrogen-bond donors (Lipinski definition) is 3. The maximum atomic E-state index is 11.9. The molecule has 104 valence electrons. The molecule has 2 atom stereocenters. The van der Waals surface area contributed by atoms with Gasteiger partial charge < -0.3 is 24.8 Å². The van der Waals surface area contributed by atoms with Crippen molar-refractivity contribution >= 4 is 5.97 Å². The molecule has 0 bridgehead atoms. The number of phenols is 1. The number of cyclic esters (lactones) is 1. The van der Waals surface area contributed by atoms with E-state index in [4.69, 9.17) is 9.47 Å². The molecule has 1 aliphatic rings. The molecule has 0 saturated heterocycles. The molecule has 0 radical (unpaired) electrons. The number of carbonyl (C=O) groups excluding carboxylic acids is 1. The Labute approximate surface area is 110 Å². The first kappa shape index (κ1) is 13.6. The summed E-state index contributed by atoms with van der Waals surface area (Å²) in [4.78, 5) is 11.9. The molecule has 1 heterocycles. The van der Waals surface area contributed by atoms with Gasteiger partial charge in [-0.2, -0.15) is 0 Å². The van der Waals surface area contributed by atoms with Gasteiger partial charge in [-0.15, -0.1) is 0 Å². The van der Waals surface area contributed by atoms with Crippen LogP contribution >= 0.6 is 0 Å². The summed E-state index contributed by atoms with van der Waals surface area (Å²) in [6.07, 6.45) is -0.928. The van der Waals surface area contributed by atoms with E-state index in [1.807, 2.05) is 0 Å². The third-order valence-electron chi connectivity index (χ3n) is 3.57. The maximum Gasteiger partial charge on any atom is 0.342 e. The van der Waals surface area contributed by atoms with Crippen LogP contribution in [0.2, 0.25) is 0 Å². The van der Waals surface area contributed by atoms with Crippen LogP contribution < -0.4 is 4.74 Å². The van der Waals surface area contributed by atoms with Gasteiger partial charge in [0.25, 0.3) is 0 Å². The summed E-state index contributed by atoms with van der Waals surface area (Å²) in [7, 11) is 1.41. The Bertz CT molecular complexity index is 538. The molecule has 0 unspecified atom stereocenters. The highest BCUT2D eigenvalue weighted by atomic mass is 16.6. The molecule has 2 rings (SSSR count). The van der Waals surface area contributed by atoms with E-state index in [0.717, 1.165) is 0 Å². The molecular weight excluding hydrogens is 252 g/mol. The number of aliphatic hydroxyl groups excluding tert-OH is 1. The zero-order valence-electron chi connectivity index (χ0n) is 10.9. The van der Waals surface area contributed by atoms with Crippen LogP contribution in [0.15, 0.2) is 6.07 Å². The molecule has 0 amide bonds. The molecule has 6 nitrogen and oxygen atoms in total. The summed E-state index contributed by atoms with van der Waals surface area (Å²) in [5.74, 6) is -0.755. The fourth-order valence-corrected chi connectivity index (χ4v) is 2.43. The van der Waals surface area contributed by atoms with Crippen LogP contribution in [0.4, 0.5) is 0 Å². The molecule has 0 fully saturated rings. The van der Waals surface area contributed by atoms with Gasteiger partial charge in [-0.1, -0.05) is 0 Å². The first-order chi connectivity index (χ1) is 8.86. The SMILES string of the molecule is COc1cc(O)c2c(c1C)[C@](O)(CO)[C@H](C)OC2=O. The normalized spacial score (nSPS) is 25.7. The van der Waals surface area contributed by atoms with E-state index in [-0.39, 0.29) is 16.9 Å². The Morgan fingerprint density at radius 2 is 2.16 bits per heavy atom. The summed E-state index contributed by atoms with van der Waals surface area (Å²) in [5.41, 5.74) is -1.27. The van der Waals surface area contributed by atoms with Gasteiger partial charge in [0, 0.05) is 11.6 Å². The number of esters is 1. The minimum absolute atomic E-state index is 0.132. The average molecular weight is 268 g/mol. The second-order valence-electron chi connectivity index (χ2n) is 4.60. The van der Waals surface area contributed by atoms with Gasteiger partial charge in [0.2, 0.25) is 0 Å². The van der Waals surface area contributed by atoms with Crippen LogP contribution in [0.5, 0.6) is 11.5 Å². The summed E-state index contributed by atoms with van der Waals surface area (Å²) < 4.78 is 10.1. The van der Waals surface area contributed by atoms with E-state index < -0.39 is 24.3 Å². The van der Waals surface area contributed by atoms with Crippen LogP contribution in [0, 0.1) is 6.92 Å². The third kappa shape index (κ3) is 1.75. The average Bonchev–Trinajstić information content (AvgIpc) is 2.38. The fourth-order valence-electron chi connectivity index (χ4n) is 2.43. The predicted molar refractivity (Wildman–Crippen MR) is 65.3 cm³/mol. The molecule has 0 saturated carbocycles. The number of aromatic hydroxyl groups is 1. The van der Waals surface area contributed by atoms with Gasteiger partial charge in [0.05, 0.1) is 13.7 Å². The van der Waals surface area contributed by atoms with Gasteiger partial charge >= 0.3 is 5.97 Å². The molecule has 1 aliphatic heterocycles. The minimum Gasteiger partial charge on any atom is -0.507 e. The Balaban J connectivity index is 2.83. The summed E-state index contributed by atoms with van der Waals surface area (Å²) in [5, 5.41) is 29.9. The van der Waals surface area contributed by atoms with Gasteiger partial charge in [-0.05, 0) is 19.4 Å². The zero-order valence-corrected chi connectivity index (χ0v) is 10.9. The molecule has 6 heteroatoms. The van der Waals surface area contributed by atoms with Crippen molar-refractivity contribution < 1.29 is 29.6 Å². The van der Waals surface area contributed by atoms with Crippen molar-refractivity contribution in [2.45, 2.75) is 25.6 Å². The Kier molecular flexibility index (Phi) is 3.15. The molecule has 3 N–H and O–H groups in total. The highest BCUT2D eigenvalue weighted by Crippen LogP contribution is 2.44. The van der Waals surface area contributed by atoms with Crippen LogP contribution in [0.25, 0.3) is 0 Å². The van der Waals surface area contributed by atoms with Crippen molar-refractivity contribution in [1.29, 1.82) is 0 Å². The van der Waals surface area contributed by atoms with E-state index in [1.165, 1.54) is 20.1 Å². The number of rotatable bonds is 2. The van der Waals surface area contributed by atoms with Crippen molar-refractivity contribution in [3.8, 4) is 11.5 Å². The Morgan fingerprint density at radius 3 is 2.68 bits per heavy atom. The number of phenolic OH excluding ortho intramolecular Hbond substituents is 1. The maximum absolute atomic E-state index is 11.9. The number of fused-ring (bicyclic) bond motifs is 1. The van der Waals surface area contributed by atoms with Crippen LogP contribution in [-0.4, -0.2) is 41.1 Å². The number of methoxy groups -OCH3 is 1. The van der Waals surface area contributed by atoms with Crippen LogP contribution in [0.1, 0.15) is 28.4 Å². The number of aliphatic hydroxyl groups is 2. The van der Waals surface area contributed by atoms with E-state index in [1.54, 1.807) is 6.92 Å². The van der Waals surface area contributed by atoms with Crippen molar-refractivity contribution in [3.63, 3.8) is 0 Å². The topological polar surface area (TPSA) is 96.2 Å². The molecule has 19 heavy (non-hydrogen) atoms. The van der Waals surface area contributed by atoms with Crippen LogP contribution in [0.3, 0.4) is 0 Å². The number of carbonyl (C=O) groups is 1. The first-order valence-corrected chi connectivity index (χ1v) is 5.82. The predicted octanol–water partition coefficient (Wildman–Crippen LogP) is 0.448. The molecular formula is C13H16O6. The summed E-state index contributed by atoms with van der Waals surface area (Å²) in [6.45, 7) is 2.48. The Morgan fingerprint density at radius 1 is 1.53 bits per heavy atom. The lowest BCUT2D eigenvalue weighted by atomic mass is 9.80. The van der Waals surface area contributed by atoms with Crippen molar-refractivity contribution in [1.82, 2.24) is 0 Å².